The molecule has 0 bridgehead atoms. The number of aromatic nitrogens is 2. The number of nitrogens with zero attached hydrogens (tertiary/aromatic N) is 2. The monoisotopic (exact) mass is 460 g/mol. The third kappa shape index (κ3) is 9.01. The van der Waals surface area contributed by atoms with Crippen LogP contribution in [0.15, 0.2) is 36.4 Å². The van der Waals surface area contributed by atoms with Gasteiger partial charge in [0.15, 0.2) is 0 Å². The van der Waals surface area contributed by atoms with Gasteiger partial charge in [0.1, 0.15) is 0 Å². The lowest BCUT2D eigenvalue weighted by atomic mass is 10.0. The average Bonchev–Trinajstić information content (AvgIpc) is 2.87. The normalized spacial score (nSPS) is 11.6. The summed E-state index contributed by atoms with van der Waals surface area (Å²) in [4.78, 5) is 10.2. The van der Waals surface area contributed by atoms with Crippen molar-refractivity contribution in [2.24, 2.45) is 0 Å². The van der Waals surface area contributed by atoms with Crippen LogP contribution in [-0.2, 0) is 12.8 Å². The van der Waals surface area contributed by atoms with Crippen molar-refractivity contribution in [3.8, 4) is 0 Å². The van der Waals surface area contributed by atoms with Crippen LogP contribution < -0.4 is 0 Å². The third-order valence-electron chi connectivity index (χ3n) is 7.21. The van der Waals surface area contributed by atoms with Crippen molar-refractivity contribution in [1.29, 1.82) is 0 Å². The van der Waals surface area contributed by atoms with Gasteiger partial charge >= 0.3 is 0 Å². The van der Waals surface area contributed by atoms with Gasteiger partial charge in [-0.1, -0.05) is 128 Å². The molecular formula is C32H48N2. The van der Waals surface area contributed by atoms with Gasteiger partial charge in [-0.3, -0.25) is 9.97 Å². The van der Waals surface area contributed by atoms with Crippen LogP contribution in [0, 0.1) is 0 Å². The number of unbranched alkanes of at least 4 members (excludes halogenated alkanes) is 14. The maximum Gasteiger partial charge on any atom is 0.0967 e. The molecule has 0 saturated carbocycles. The van der Waals surface area contributed by atoms with E-state index < -0.39 is 0 Å². The number of hydrogen-bond acceptors (Lipinski definition) is 2. The SMILES string of the molecule is CCCCCCCCCCc1ccc2ccc3ccc(CCCCCCCCCC)nc3c2n1. The highest BCUT2D eigenvalue weighted by Crippen LogP contribution is 2.24. The van der Waals surface area contributed by atoms with Crippen LogP contribution >= 0.6 is 0 Å². The van der Waals surface area contributed by atoms with E-state index in [4.69, 9.17) is 9.97 Å². The summed E-state index contributed by atoms with van der Waals surface area (Å²) >= 11 is 0. The average molecular weight is 461 g/mol. The van der Waals surface area contributed by atoms with E-state index in [1.165, 1.54) is 125 Å². The number of hydrogen-bond donors (Lipinski definition) is 0. The van der Waals surface area contributed by atoms with E-state index in [1.807, 2.05) is 0 Å². The van der Waals surface area contributed by atoms with Crippen LogP contribution in [0.25, 0.3) is 21.8 Å². The first-order valence-corrected chi connectivity index (χ1v) is 14.5. The zero-order valence-electron chi connectivity index (χ0n) is 22.1. The summed E-state index contributed by atoms with van der Waals surface area (Å²) in [6.45, 7) is 4.57. The molecule has 2 aromatic heterocycles. The topological polar surface area (TPSA) is 25.8 Å². The summed E-state index contributed by atoms with van der Waals surface area (Å²) in [7, 11) is 0. The molecule has 2 nitrogen and oxygen atoms in total. The second-order valence-electron chi connectivity index (χ2n) is 10.3. The first-order valence-electron chi connectivity index (χ1n) is 14.5. The molecule has 34 heavy (non-hydrogen) atoms. The Morgan fingerprint density at radius 3 is 1.12 bits per heavy atom. The molecule has 2 heterocycles. The van der Waals surface area contributed by atoms with Gasteiger partial charge in [-0.2, -0.15) is 0 Å². The smallest absolute Gasteiger partial charge is 0.0967 e. The maximum atomic E-state index is 5.09. The molecule has 1 aromatic carbocycles. The van der Waals surface area contributed by atoms with E-state index in [-0.39, 0.29) is 0 Å². The number of pyridine rings is 2. The van der Waals surface area contributed by atoms with E-state index in [9.17, 15) is 0 Å². The predicted octanol–water partition coefficient (Wildman–Crippen LogP) is 10.1. The van der Waals surface area contributed by atoms with Crippen LogP contribution in [-0.4, -0.2) is 9.97 Å². The van der Waals surface area contributed by atoms with E-state index in [1.54, 1.807) is 0 Å². The minimum atomic E-state index is 1.08. The van der Waals surface area contributed by atoms with E-state index >= 15 is 0 Å². The third-order valence-corrected chi connectivity index (χ3v) is 7.21. The molecule has 0 atom stereocenters. The minimum Gasteiger partial charge on any atom is -0.251 e. The molecule has 0 N–H and O–H groups in total. The van der Waals surface area contributed by atoms with Crippen LogP contribution in [0.1, 0.15) is 128 Å². The lowest BCUT2D eigenvalue weighted by Gasteiger charge is -2.08. The Kier molecular flexibility index (Phi) is 12.4. The zero-order valence-corrected chi connectivity index (χ0v) is 22.1. The molecular weight excluding hydrogens is 412 g/mol. The number of aryl methyl sites for hydroxylation is 2. The molecule has 3 aromatic rings. The fraction of sp³-hybridized carbons (Fsp3) is 0.625. The molecule has 0 saturated heterocycles. The van der Waals surface area contributed by atoms with Crippen molar-refractivity contribution in [2.75, 3.05) is 0 Å². The van der Waals surface area contributed by atoms with Crippen LogP contribution in [0.4, 0.5) is 0 Å². The quantitative estimate of drug-likeness (QED) is 0.139. The molecule has 186 valence electrons. The summed E-state index contributed by atoms with van der Waals surface area (Å²) < 4.78 is 0. The molecule has 3 rings (SSSR count). The summed E-state index contributed by atoms with van der Waals surface area (Å²) in [6, 6.07) is 13.3. The molecule has 2 heteroatoms. The second kappa shape index (κ2) is 15.8. The van der Waals surface area contributed by atoms with Crippen molar-refractivity contribution >= 4 is 21.8 Å². The summed E-state index contributed by atoms with van der Waals surface area (Å²) in [6.07, 6.45) is 23.9. The fourth-order valence-electron chi connectivity index (χ4n) is 5.01. The standard InChI is InChI=1S/C32H48N2/c1-3-5-7-9-11-13-15-17-19-29-25-23-27-21-22-28-24-26-30(34-32(28)31(27)33-29)20-18-16-14-12-10-8-6-4-2/h21-26H,3-20H2,1-2H3. The summed E-state index contributed by atoms with van der Waals surface area (Å²) in [5, 5.41) is 2.42. The largest absolute Gasteiger partial charge is 0.251 e. The second-order valence-corrected chi connectivity index (χ2v) is 10.3. The van der Waals surface area contributed by atoms with Crippen molar-refractivity contribution in [3.05, 3.63) is 47.8 Å². The Labute approximate surface area is 209 Å². The van der Waals surface area contributed by atoms with Crippen molar-refractivity contribution in [2.45, 2.75) is 129 Å². The lowest BCUT2D eigenvalue weighted by molar-refractivity contribution is 0.574. The van der Waals surface area contributed by atoms with E-state index in [0.29, 0.717) is 0 Å². The van der Waals surface area contributed by atoms with Gasteiger partial charge in [-0.25, -0.2) is 0 Å². The van der Waals surface area contributed by atoms with Crippen molar-refractivity contribution < 1.29 is 0 Å². The highest BCUT2D eigenvalue weighted by Gasteiger charge is 2.07. The Bertz CT molecular complexity index is 883. The molecule has 0 fully saturated rings. The molecule has 0 spiro atoms. The van der Waals surface area contributed by atoms with Gasteiger partial charge in [-0.05, 0) is 37.8 Å². The van der Waals surface area contributed by atoms with Gasteiger partial charge in [0.05, 0.1) is 11.0 Å². The maximum absolute atomic E-state index is 5.09. The van der Waals surface area contributed by atoms with Gasteiger partial charge in [-0.15, -0.1) is 0 Å². The Morgan fingerprint density at radius 1 is 0.412 bits per heavy atom. The van der Waals surface area contributed by atoms with Gasteiger partial charge in [0, 0.05) is 22.2 Å². The first kappa shape index (κ1) is 26.6. The molecule has 0 aliphatic carbocycles. The Hall–Kier alpha value is -1.96. The van der Waals surface area contributed by atoms with E-state index in [2.05, 4.69) is 50.2 Å². The van der Waals surface area contributed by atoms with Crippen LogP contribution in [0.3, 0.4) is 0 Å². The van der Waals surface area contributed by atoms with Crippen LogP contribution in [0.5, 0.6) is 0 Å². The first-order chi connectivity index (χ1) is 16.8. The Morgan fingerprint density at radius 2 is 0.735 bits per heavy atom. The minimum absolute atomic E-state index is 1.08. The van der Waals surface area contributed by atoms with E-state index in [0.717, 1.165) is 23.9 Å². The number of fused-ring (bicyclic) bond motifs is 3. The van der Waals surface area contributed by atoms with Crippen LogP contribution in [0.2, 0.25) is 0 Å². The Balaban J connectivity index is 1.52. The van der Waals surface area contributed by atoms with Gasteiger partial charge in [0.25, 0.3) is 0 Å². The fourth-order valence-corrected chi connectivity index (χ4v) is 5.01. The summed E-state index contributed by atoms with van der Waals surface area (Å²) in [5.41, 5.74) is 4.63. The predicted molar refractivity (Wildman–Crippen MR) is 150 cm³/mol. The molecule has 0 amide bonds. The van der Waals surface area contributed by atoms with Crippen molar-refractivity contribution in [1.82, 2.24) is 9.97 Å². The molecule has 0 unspecified atom stereocenters. The molecule has 0 aliphatic rings. The highest BCUT2D eigenvalue weighted by atomic mass is 14.8. The molecule has 0 radical (unpaired) electrons. The highest BCUT2D eigenvalue weighted by molar-refractivity contribution is 6.02. The lowest BCUT2D eigenvalue weighted by Crippen LogP contribution is -1.96. The van der Waals surface area contributed by atoms with Crippen molar-refractivity contribution in [3.63, 3.8) is 0 Å². The zero-order chi connectivity index (χ0) is 23.8. The molecule has 0 aliphatic heterocycles. The number of rotatable bonds is 18. The van der Waals surface area contributed by atoms with Gasteiger partial charge in [0.2, 0.25) is 0 Å². The summed E-state index contributed by atoms with van der Waals surface area (Å²) in [5.74, 6) is 0. The van der Waals surface area contributed by atoms with Gasteiger partial charge < -0.3 is 0 Å². The number of benzene rings is 1.